The van der Waals surface area contributed by atoms with Gasteiger partial charge in [0.2, 0.25) is 0 Å². The predicted octanol–water partition coefficient (Wildman–Crippen LogP) is 5.40. The molecule has 0 amide bonds. The lowest BCUT2D eigenvalue weighted by Gasteiger charge is -2.21. The van der Waals surface area contributed by atoms with Gasteiger partial charge in [-0.05, 0) is 76.1 Å². The van der Waals surface area contributed by atoms with E-state index in [0.717, 1.165) is 17.7 Å². The SMILES string of the molecule is CCC(Nc1ccc(C(=O)OC(C)(C)C)cc1)c1cc2c(=O)[nH]c(C)nc2cc1Cl. The Morgan fingerprint density at radius 1 is 1.23 bits per heavy atom. The number of nitrogens with zero attached hydrogens (tertiary/aromatic N) is 1. The average Bonchev–Trinajstić information content (AvgIpc) is 2.65. The third-order valence-electron chi connectivity index (χ3n) is 4.59. The quantitative estimate of drug-likeness (QED) is 0.532. The molecular formula is C23H26ClN3O3. The van der Waals surface area contributed by atoms with E-state index in [1.54, 1.807) is 31.2 Å². The Kier molecular flexibility index (Phi) is 6.17. The third-order valence-corrected chi connectivity index (χ3v) is 4.91. The summed E-state index contributed by atoms with van der Waals surface area (Å²) in [4.78, 5) is 31.6. The summed E-state index contributed by atoms with van der Waals surface area (Å²) in [7, 11) is 0. The summed E-state index contributed by atoms with van der Waals surface area (Å²) in [6.45, 7) is 9.27. The maximum Gasteiger partial charge on any atom is 0.338 e. The smallest absolute Gasteiger partial charge is 0.338 e. The number of esters is 1. The number of carbonyl (C=O) groups is 1. The second kappa shape index (κ2) is 8.48. The van der Waals surface area contributed by atoms with Crippen LogP contribution in [0, 0.1) is 6.92 Å². The van der Waals surface area contributed by atoms with Crippen LogP contribution in [0.25, 0.3) is 10.9 Å². The molecule has 158 valence electrons. The van der Waals surface area contributed by atoms with Crippen molar-refractivity contribution in [3.8, 4) is 0 Å². The van der Waals surface area contributed by atoms with Crippen LogP contribution in [0.2, 0.25) is 5.02 Å². The Balaban J connectivity index is 1.86. The topological polar surface area (TPSA) is 84.1 Å². The van der Waals surface area contributed by atoms with E-state index in [1.807, 2.05) is 39.8 Å². The normalized spacial score (nSPS) is 12.6. The van der Waals surface area contributed by atoms with Crippen molar-refractivity contribution in [1.29, 1.82) is 0 Å². The fraction of sp³-hybridized carbons (Fsp3) is 0.348. The molecule has 1 atom stereocenters. The number of aromatic nitrogens is 2. The van der Waals surface area contributed by atoms with E-state index in [2.05, 4.69) is 15.3 Å². The van der Waals surface area contributed by atoms with Crippen molar-refractivity contribution < 1.29 is 9.53 Å². The molecule has 6 nitrogen and oxygen atoms in total. The summed E-state index contributed by atoms with van der Waals surface area (Å²) in [6.07, 6.45) is 0.746. The highest BCUT2D eigenvalue weighted by atomic mass is 35.5. The number of anilines is 1. The number of aryl methyl sites for hydroxylation is 1. The Morgan fingerprint density at radius 2 is 1.90 bits per heavy atom. The lowest BCUT2D eigenvalue weighted by Crippen LogP contribution is -2.23. The molecule has 3 aromatic rings. The molecule has 2 aromatic carbocycles. The number of rotatable bonds is 5. The van der Waals surface area contributed by atoms with Crippen LogP contribution in [0.1, 0.15) is 61.9 Å². The molecule has 0 bridgehead atoms. The van der Waals surface area contributed by atoms with Crippen molar-refractivity contribution in [2.45, 2.75) is 52.7 Å². The van der Waals surface area contributed by atoms with E-state index >= 15 is 0 Å². The summed E-state index contributed by atoms with van der Waals surface area (Å²) in [5, 5.41) is 4.47. The minimum absolute atomic E-state index is 0.116. The number of ether oxygens (including phenoxy) is 1. The molecule has 1 unspecified atom stereocenters. The zero-order valence-electron chi connectivity index (χ0n) is 17.8. The molecule has 3 rings (SSSR count). The van der Waals surface area contributed by atoms with Crippen LogP contribution in [-0.2, 0) is 4.74 Å². The van der Waals surface area contributed by atoms with Gasteiger partial charge in [-0.3, -0.25) is 4.79 Å². The van der Waals surface area contributed by atoms with Gasteiger partial charge in [-0.15, -0.1) is 0 Å². The first-order valence-corrected chi connectivity index (χ1v) is 10.2. The van der Waals surface area contributed by atoms with Crippen LogP contribution in [-0.4, -0.2) is 21.5 Å². The highest BCUT2D eigenvalue weighted by Crippen LogP contribution is 2.31. The van der Waals surface area contributed by atoms with Crippen molar-refractivity contribution >= 4 is 34.2 Å². The molecule has 0 aliphatic rings. The van der Waals surface area contributed by atoms with E-state index in [-0.39, 0.29) is 17.6 Å². The third kappa shape index (κ3) is 5.00. The van der Waals surface area contributed by atoms with Crippen LogP contribution in [0.4, 0.5) is 5.69 Å². The molecule has 7 heteroatoms. The van der Waals surface area contributed by atoms with Gasteiger partial charge in [0.25, 0.3) is 5.56 Å². The zero-order chi connectivity index (χ0) is 22.1. The molecule has 0 spiro atoms. The Hall–Kier alpha value is -2.86. The number of aromatic amines is 1. The van der Waals surface area contributed by atoms with E-state index in [9.17, 15) is 9.59 Å². The predicted molar refractivity (Wildman–Crippen MR) is 120 cm³/mol. The van der Waals surface area contributed by atoms with Gasteiger partial charge in [0.15, 0.2) is 0 Å². The Labute approximate surface area is 180 Å². The average molecular weight is 428 g/mol. The van der Waals surface area contributed by atoms with Crippen LogP contribution < -0.4 is 10.9 Å². The molecular weight excluding hydrogens is 402 g/mol. The highest BCUT2D eigenvalue weighted by molar-refractivity contribution is 6.32. The molecule has 30 heavy (non-hydrogen) atoms. The van der Waals surface area contributed by atoms with E-state index in [0.29, 0.717) is 27.3 Å². The second-order valence-electron chi connectivity index (χ2n) is 8.23. The first kappa shape index (κ1) is 21.8. The van der Waals surface area contributed by atoms with Crippen molar-refractivity contribution in [2.75, 3.05) is 5.32 Å². The molecule has 0 saturated carbocycles. The molecule has 1 heterocycles. The van der Waals surface area contributed by atoms with E-state index in [1.165, 1.54) is 0 Å². The van der Waals surface area contributed by atoms with Gasteiger partial charge < -0.3 is 15.0 Å². The van der Waals surface area contributed by atoms with Gasteiger partial charge in [0.05, 0.1) is 22.5 Å². The zero-order valence-corrected chi connectivity index (χ0v) is 18.6. The van der Waals surface area contributed by atoms with Crippen LogP contribution in [0.15, 0.2) is 41.2 Å². The van der Waals surface area contributed by atoms with Crippen molar-refractivity contribution in [3.05, 3.63) is 68.7 Å². The van der Waals surface area contributed by atoms with Crippen molar-refractivity contribution in [2.24, 2.45) is 0 Å². The monoisotopic (exact) mass is 427 g/mol. The van der Waals surface area contributed by atoms with E-state index in [4.69, 9.17) is 16.3 Å². The van der Waals surface area contributed by atoms with Gasteiger partial charge in [0.1, 0.15) is 11.4 Å². The fourth-order valence-electron chi connectivity index (χ4n) is 3.20. The molecule has 0 radical (unpaired) electrons. The minimum Gasteiger partial charge on any atom is -0.456 e. The molecule has 2 N–H and O–H groups in total. The summed E-state index contributed by atoms with van der Waals surface area (Å²) < 4.78 is 5.40. The fourth-order valence-corrected chi connectivity index (χ4v) is 3.49. The number of carbonyl (C=O) groups excluding carboxylic acids is 1. The largest absolute Gasteiger partial charge is 0.456 e. The van der Waals surface area contributed by atoms with E-state index < -0.39 is 5.60 Å². The van der Waals surface area contributed by atoms with Gasteiger partial charge >= 0.3 is 5.97 Å². The molecule has 0 saturated heterocycles. The van der Waals surface area contributed by atoms with Gasteiger partial charge in [-0.1, -0.05) is 18.5 Å². The molecule has 1 aromatic heterocycles. The molecule has 0 fully saturated rings. The number of fused-ring (bicyclic) bond motifs is 1. The van der Waals surface area contributed by atoms with Gasteiger partial charge in [-0.2, -0.15) is 0 Å². The lowest BCUT2D eigenvalue weighted by atomic mass is 10.0. The van der Waals surface area contributed by atoms with Crippen molar-refractivity contribution in [3.63, 3.8) is 0 Å². The minimum atomic E-state index is -0.542. The number of hydrogen-bond donors (Lipinski definition) is 2. The molecule has 0 aliphatic heterocycles. The van der Waals surface area contributed by atoms with Gasteiger partial charge in [-0.25, -0.2) is 9.78 Å². The number of hydrogen-bond acceptors (Lipinski definition) is 5. The van der Waals surface area contributed by atoms with Crippen molar-refractivity contribution in [1.82, 2.24) is 9.97 Å². The first-order chi connectivity index (χ1) is 14.1. The Morgan fingerprint density at radius 3 is 2.50 bits per heavy atom. The van der Waals surface area contributed by atoms with Crippen LogP contribution in [0.5, 0.6) is 0 Å². The summed E-state index contributed by atoms with van der Waals surface area (Å²) in [5.41, 5.74) is 1.98. The second-order valence-corrected chi connectivity index (χ2v) is 8.63. The van der Waals surface area contributed by atoms with Crippen LogP contribution >= 0.6 is 11.6 Å². The maximum atomic E-state index is 12.3. The first-order valence-electron chi connectivity index (χ1n) is 9.87. The summed E-state index contributed by atoms with van der Waals surface area (Å²) in [6, 6.07) is 10.5. The molecule has 0 aliphatic carbocycles. The summed E-state index contributed by atoms with van der Waals surface area (Å²) >= 11 is 6.52. The Bertz CT molecular complexity index is 1130. The van der Waals surface area contributed by atoms with Gasteiger partial charge in [0, 0.05) is 10.7 Å². The standard InChI is InChI=1S/C23H26ClN3O3/c1-6-19(16-11-17-20(12-18(16)24)25-13(2)26-21(17)28)27-15-9-7-14(8-10-15)22(29)30-23(3,4)5/h7-12,19,27H,6H2,1-5H3,(H,25,26,28). The van der Waals surface area contributed by atoms with Crippen LogP contribution in [0.3, 0.4) is 0 Å². The summed E-state index contributed by atoms with van der Waals surface area (Å²) in [5.74, 6) is 0.187. The number of H-pyrrole nitrogens is 1. The highest BCUT2D eigenvalue weighted by Gasteiger charge is 2.19. The number of benzene rings is 2. The lowest BCUT2D eigenvalue weighted by molar-refractivity contribution is 0.00695. The number of nitrogens with one attached hydrogen (secondary N) is 2. The maximum absolute atomic E-state index is 12.3. The number of halogens is 1.